The number of aromatic amines is 1. The van der Waals surface area contributed by atoms with Crippen LogP contribution in [0.2, 0.25) is 0 Å². The van der Waals surface area contributed by atoms with E-state index in [1.54, 1.807) is 12.3 Å². The lowest BCUT2D eigenvalue weighted by Crippen LogP contribution is -2.15. The molecule has 0 fully saturated rings. The average molecular weight is 245 g/mol. The fourth-order valence-electron chi connectivity index (χ4n) is 1.98. The Bertz CT molecular complexity index is 642. The number of hydrogen-bond acceptors (Lipinski definition) is 3. The van der Waals surface area contributed by atoms with Gasteiger partial charge in [-0.05, 0) is 12.1 Å². The molecule has 0 amide bonds. The number of benzene rings is 1. The van der Waals surface area contributed by atoms with Crippen molar-refractivity contribution < 1.29 is 19.4 Å². The molecule has 1 aliphatic rings. The van der Waals surface area contributed by atoms with Crippen LogP contribution in [0.25, 0.3) is 17.0 Å². The lowest BCUT2D eigenvalue weighted by Gasteiger charge is -2.18. The van der Waals surface area contributed by atoms with E-state index in [1.165, 1.54) is 0 Å². The zero-order chi connectivity index (χ0) is 12.5. The molecule has 1 aromatic carbocycles. The van der Waals surface area contributed by atoms with E-state index in [2.05, 4.69) is 4.98 Å². The van der Waals surface area contributed by atoms with E-state index in [1.807, 2.05) is 12.1 Å². The van der Waals surface area contributed by atoms with E-state index < -0.39 is 5.97 Å². The standard InChI is InChI=1S/C13H11NO4/c15-13(16)2-1-8-7-14-10-6-12-11(5-9(8)10)17-3-4-18-12/h1-2,5-7,14H,3-4H2,(H,15,16)/b2-1+. The van der Waals surface area contributed by atoms with Crippen molar-refractivity contribution in [1.82, 2.24) is 4.98 Å². The molecule has 2 aromatic rings. The second-order valence-corrected chi connectivity index (χ2v) is 3.96. The van der Waals surface area contributed by atoms with Crippen molar-refractivity contribution in [2.75, 3.05) is 13.2 Å². The van der Waals surface area contributed by atoms with Crippen LogP contribution in [0, 0.1) is 0 Å². The Morgan fingerprint density at radius 1 is 1.28 bits per heavy atom. The van der Waals surface area contributed by atoms with Gasteiger partial charge >= 0.3 is 5.97 Å². The Morgan fingerprint density at radius 2 is 2.00 bits per heavy atom. The third-order valence-electron chi connectivity index (χ3n) is 2.78. The van der Waals surface area contributed by atoms with Gasteiger partial charge in [0.25, 0.3) is 0 Å². The maximum Gasteiger partial charge on any atom is 0.328 e. The van der Waals surface area contributed by atoms with Gasteiger partial charge in [0.15, 0.2) is 11.5 Å². The SMILES string of the molecule is O=C(O)/C=C/c1c[nH]c2cc3c(cc12)OCCO3. The second kappa shape index (κ2) is 4.10. The van der Waals surface area contributed by atoms with Gasteiger partial charge in [-0.25, -0.2) is 4.79 Å². The molecule has 0 saturated carbocycles. The molecule has 1 aromatic heterocycles. The van der Waals surface area contributed by atoms with Crippen molar-refractivity contribution in [3.05, 3.63) is 30.0 Å². The molecule has 0 spiro atoms. The van der Waals surface area contributed by atoms with Crippen LogP contribution in [-0.2, 0) is 4.79 Å². The summed E-state index contributed by atoms with van der Waals surface area (Å²) in [7, 11) is 0. The molecule has 92 valence electrons. The number of hydrogen-bond donors (Lipinski definition) is 2. The van der Waals surface area contributed by atoms with Gasteiger partial charge in [-0.3, -0.25) is 0 Å². The first kappa shape index (κ1) is 10.7. The number of carboxylic acid groups (broad SMARTS) is 1. The van der Waals surface area contributed by atoms with Crippen LogP contribution in [0.15, 0.2) is 24.4 Å². The van der Waals surface area contributed by atoms with Gasteiger partial charge in [0.1, 0.15) is 13.2 Å². The molecule has 0 saturated heterocycles. The average Bonchev–Trinajstić information content (AvgIpc) is 2.76. The number of aliphatic carboxylic acids is 1. The Balaban J connectivity index is 2.10. The zero-order valence-corrected chi connectivity index (χ0v) is 9.47. The first-order chi connectivity index (χ1) is 8.74. The van der Waals surface area contributed by atoms with E-state index >= 15 is 0 Å². The van der Waals surface area contributed by atoms with Crippen LogP contribution in [-0.4, -0.2) is 29.3 Å². The van der Waals surface area contributed by atoms with Crippen molar-refractivity contribution in [3.8, 4) is 11.5 Å². The fraction of sp³-hybridized carbons (Fsp3) is 0.154. The number of ether oxygens (including phenoxy) is 2. The summed E-state index contributed by atoms with van der Waals surface area (Å²) in [6, 6.07) is 3.73. The van der Waals surface area contributed by atoms with Gasteiger partial charge in [-0.1, -0.05) is 0 Å². The summed E-state index contributed by atoms with van der Waals surface area (Å²) in [4.78, 5) is 13.6. The van der Waals surface area contributed by atoms with Gasteiger partial charge in [0.05, 0.1) is 0 Å². The molecule has 1 aliphatic heterocycles. The summed E-state index contributed by atoms with van der Waals surface area (Å²) in [6.07, 6.45) is 4.42. The smallest absolute Gasteiger partial charge is 0.328 e. The second-order valence-electron chi connectivity index (χ2n) is 3.96. The summed E-state index contributed by atoms with van der Waals surface area (Å²) in [6.45, 7) is 1.08. The van der Waals surface area contributed by atoms with Crippen LogP contribution in [0.5, 0.6) is 11.5 Å². The largest absolute Gasteiger partial charge is 0.486 e. The highest BCUT2D eigenvalue weighted by Gasteiger charge is 2.14. The minimum Gasteiger partial charge on any atom is -0.486 e. The molecule has 2 N–H and O–H groups in total. The first-order valence-corrected chi connectivity index (χ1v) is 5.56. The highest BCUT2D eigenvalue weighted by atomic mass is 16.6. The van der Waals surface area contributed by atoms with E-state index in [-0.39, 0.29) is 0 Å². The summed E-state index contributed by atoms with van der Waals surface area (Å²) in [5, 5.41) is 9.55. The molecule has 5 heteroatoms. The van der Waals surface area contributed by atoms with Crippen molar-refractivity contribution in [1.29, 1.82) is 0 Å². The zero-order valence-electron chi connectivity index (χ0n) is 9.47. The van der Waals surface area contributed by atoms with Crippen LogP contribution in [0.3, 0.4) is 0 Å². The molecular formula is C13H11NO4. The third-order valence-corrected chi connectivity index (χ3v) is 2.78. The molecule has 5 nitrogen and oxygen atoms in total. The van der Waals surface area contributed by atoms with Gasteiger partial charge in [-0.2, -0.15) is 0 Å². The Kier molecular flexibility index (Phi) is 2.44. The van der Waals surface area contributed by atoms with Crippen molar-refractivity contribution >= 4 is 22.9 Å². The predicted molar refractivity (Wildman–Crippen MR) is 66.0 cm³/mol. The fourth-order valence-corrected chi connectivity index (χ4v) is 1.98. The number of aromatic nitrogens is 1. The summed E-state index contributed by atoms with van der Waals surface area (Å²) in [5.74, 6) is 0.435. The third kappa shape index (κ3) is 1.79. The summed E-state index contributed by atoms with van der Waals surface area (Å²) in [5.41, 5.74) is 1.70. The number of nitrogens with one attached hydrogen (secondary N) is 1. The molecule has 0 bridgehead atoms. The van der Waals surface area contributed by atoms with E-state index in [4.69, 9.17) is 14.6 Å². The van der Waals surface area contributed by atoms with Crippen molar-refractivity contribution in [2.24, 2.45) is 0 Å². The topological polar surface area (TPSA) is 71.5 Å². The van der Waals surface area contributed by atoms with E-state index in [0.29, 0.717) is 24.7 Å². The molecule has 0 aliphatic carbocycles. The number of carbonyl (C=O) groups is 1. The summed E-state index contributed by atoms with van der Waals surface area (Å²) < 4.78 is 11.0. The number of carboxylic acids is 1. The predicted octanol–water partition coefficient (Wildman–Crippen LogP) is 2.04. The minimum atomic E-state index is -0.970. The summed E-state index contributed by atoms with van der Waals surface area (Å²) >= 11 is 0. The van der Waals surface area contributed by atoms with Crippen LogP contribution in [0.1, 0.15) is 5.56 Å². The first-order valence-electron chi connectivity index (χ1n) is 5.56. The van der Waals surface area contributed by atoms with Gasteiger partial charge < -0.3 is 19.6 Å². The number of rotatable bonds is 2. The Morgan fingerprint density at radius 3 is 2.72 bits per heavy atom. The lowest BCUT2D eigenvalue weighted by atomic mass is 10.1. The normalized spacial score (nSPS) is 14.2. The van der Waals surface area contributed by atoms with Crippen LogP contribution >= 0.6 is 0 Å². The van der Waals surface area contributed by atoms with Gasteiger partial charge in [-0.15, -0.1) is 0 Å². The molecule has 0 radical (unpaired) electrons. The van der Waals surface area contributed by atoms with Crippen LogP contribution < -0.4 is 9.47 Å². The molecular weight excluding hydrogens is 234 g/mol. The maximum absolute atomic E-state index is 10.5. The molecule has 2 heterocycles. The van der Waals surface area contributed by atoms with E-state index in [0.717, 1.165) is 22.5 Å². The minimum absolute atomic E-state index is 0.531. The monoisotopic (exact) mass is 245 g/mol. The van der Waals surface area contributed by atoms with E-state index in [9.17, 15) is 4.79 Å². The Hall–Kier alpha value is -2.43. The van der Waals surface area contributed by atoms with Crippen molar-refractivity contribution in [2.45, 2.75) is 0 Å². The molecule has 3 rings (SSSR count). The quantitative estimate of drug-likeness (QED) is 0.794. The van der Waals surface area contributed by atoms with Crippen molar-refractivity contribution in [3.63, 3.8) is 0 Å². The molecule has 0 atom stereocenters. The maximum atomic E-state index is 10.5. The highest BCUT2D eigenvalue weighted by Crippen LogP contribution is 2.35. The lowest BCUT2D eigenvalue weighted by molar-refractivity contribution is -0.131. The Labute approximate surface area is 103 Å². The van der Waals surface area contributed by atoms with Crippen LogP contribution in [0.4, 0.5) is 0 Å². The van der Waals surface area contributed by atoms with Gasteiger partial charge in [0, 0.05) is 34.8 Å². The number of fused-ring (bicyclic) bond motifs is 2. The molecule has 18 heavy (non-hydrogen) atoms. The number of H-pyrrole nitrogens is 1. The highest BCUT2D eigenvalue weighted by molar-refractivity contribution is 5.94. The van der Waals surface area contributed by atoms with Gasteiger partial charge in [0.2, 0.25) is 0 Å². The molecule has 0 unspecified atom stereocenters.